The monoisotopic (exact) mass is 357 g/mol. The van der Waals surface area contributed by atoms with Crippen molar-refractivity contribution in [1.82, 2.24) is 9.88 Å². The van der Waals surface area contributed by atoms with Crippen LogP contribution in [-0.2, 0) is 0 Å². The molecule has 26 heavy (non-hydrogen) atoms. The fraction of sp³-hybridized carbons (Fsp3) is 0.400. The Labute approximate surface area is 155 Å². The van der Waals surface area contributed by atoms with Crippen LogP contribution in [-0.4, -0.2) is 43.1 Å². The van der Waals surface area contributed by atoms with Crippen LogP contribution in [0.15, 0.2) is 36.5 Å². The second kappa shape index (κ2) is 9.65. The number of amides is 1. The van der Waals surface area contributed by atoms with Gasteiger partial charge in [-0.05, 0) is 37.1 Å². The van der Waals surface area contributed by atoms with Gasteiger partial charge in [0.05, 0.1) is 19.9 Å². The number of methoxy groups -OCH3 is 2. The van der Waals surface area contributed by atoms with Crippen molar-refractivity contribution in [2.24, 2.45) is 0 Å². The summed E-state index contributed by atoms with van der Waals surface area (Å²) in [5, 5.41) is 3.21. The molecule has 1 aromatic heterocycles. The Morgan fingerprint density at radius 1 is 1.08 bits per heavy atom. The Bertz CT molecular complexity index is 728. The van der Waals surface area contributed by atoms with Crippen LogP contribution in [0.2, 0.25) is 0 Å². The number of aromatic nitrogens is 1. The number of hydrogen-bond donors (Lipinski definition) is 1. The highest BCUT2D eigenvalue weighted by Crippen LogP contribution is 2.31. The van der Waals surface area contributed by atoms with Crippen molar-refractivity contribution in [2.45, 2.75) is 26.7 Å². The Morgan fingerprint density at radius 3 is 2.42 bits per heavy atom. The number of benzene rings is 1. The zero-order chi connectivity index (χ0) is 18.9. The molecule has 0 bridgehead atoms. The van der Waals surface area contributed by atoms with Crippen LogP contribution >= 0.6 is 0 Å². The van der Waals surface area contributed by atoms with Crippen LogP contribution in [0.25, 0.3) is 0 Å². The van der Waals surface area contributed by atoms with Crippen molar-refractivity contribution in [3.05, 3.63) is 42.1 Å². The van der Waals surface area contributed by atoms with Gasteiger partial charge in [-0.3, -0.25) is 4.79 Å². The maximum absolute atomic E-state index is 12.8. The molecule has 140 valence electrons. The zero-order valence-electron chi connectivity index (χ0n) is 15.9. The number of rotatable bonds is 9. The molecule has 1 amide bonds. The van der Waals surface area contributed by atoms with E-state index in [9.17, 15) is 4.79 Å². The summed E-state index contributed by atoms with van der Waals surface area (Å²) in [5.74, 6) is 1.98. The van der Waals surface area contributed by atoms with Crippen molar-refractivity contribution in [2.75, 3.05) is 32.6 Å². The van der Waals surface area contributed by atoms with E-state index < -0.39 is 0 Å². The second-order valence-electron chi connectivity index (χ2n) is 5.91. The standard InChI is InChI=1S/C20H27N3O3/c1-5-11-23(12-6-2)20(24)15-9-10-21-19(13-15)22-17-14-16(25-3)7-8-18(17)26-4/h7-10,13-14H,5-6,11-12H2,1-4H3,(H,21,22). The van der Waals surface area contributed by atoms with E-state index in [2.05, 4.69) is 24.1 Å². The summed E-state index contributed by atoms with van der Waals surface area (Å²) in [6, 6.07) is 8.98. The van der Waals surface area contributed by atoms with E-state index >= 15 is 0 Å². The summed E-state index contributed by atoms with van der Waals surface area (Å²) in [7, 11) is 3.22. The van der Waals surface area contributed by atoms with E-state index in [0.717, 1.165) is 31.6 Å². The molecule has 6 nitrogen and oxygen atoms in total. The van der Waals surface area contributed by atoms with Crippen molar-refractivity contribution < 1.29 is 14.3 Å². The van der Waals surface area contributed by atoms with E-state index in [1.165, 1.54) is 0 Å². The van der Waals surface area contributed by atoms with Crippen LogP contribution in [0.3, 0.4) is 0 Å². The topological polar surface area (TPSA) is 63.7 Å². The molecule has 0 aliphatic carbocycles. The average Bonchev–Trinajstić information content (AvgIpc) is 2.67. The second-order valence-corrected chi connectivity index (χ2v) is 5.91. The third kappa shape index (κ3) is 4.88. The van der Waals surface area contributed by atoms with Gasteiger partial charge in [-0.25, -0.2) is 4.98 Å². The number of hydrogen-bond acceptors (Lipinski definition) is 5. The molecular formula is C20H27N3O3. The quantitative estimate of drug-likeness (QED) is 0.732. The van der Waals surface area contributed by atoms with Crippen molar-refractivity contribution in [1.29, 1.82) is 0 Å². The predicted molar refractivity (Wildman–Crippen MR) is 104 cm³/mol. The predicted octanol–water partition coefficient (Wildman–Crippen LogP) is 4.10. The Balaban J connectivity index is 2.25. The van der Waals surface area contributed by atoms with E-state index in [1.54, 1.807) is 32.5 Å². The molecule has 0 fully saturated rings. The first kappa shape index (κ1) is 19.6. The van der Waals surface area contributed by atoms with E-state index in [1.807, 2.05) is 23.1 Å². The fourth-order valence-electron chi connectivity index (χ4n) is 2.72. The van der Waals surface area contributed by atoms with Gasteiger partial charge in [0, 0.05) is 30.9 Å². The summed E-state index contributed by atoms with van der Waals surface area (Å²) in [6.45, 7) is 5.65. The molecule has 0 radical (unpaired) electrons. The number of pyridine rings is 1. The lowest BCUT2D eigenvalue weighted by molar-refractivity contribution is 0.0755. The number of anilines is 2. The molecule has 0 saturated heterocycles. The molecule has 0 spiro atoms. The molecule has 0 saturated carbocycles. The van der Waals surface area contributed by atoms with Gasteiger partial charge in [0.1, 0.15) is 17.3 Å². The minimum atomic E-state index is 0.0248. The van der Waals surface area contributed by atoms with Gasteiger partial charge in [-0.2, -0.15) is 0 Å². The fourth-order valence-corrected chi connectivity index (χ4v) is 2.72. The number of nitrogens with one attached hydrogen (secondary N) is 1. The SMILES string of the molecule is CCCN(CCC)C(=O)c1ccnc(Nc2cc(OC)ccc2OC)c1. The smallest absolute Gasteiger partial charge is 0.254 e. The summed E-state index contributed by atoms with van der Waals surface area (Å²) in [6.07, 6.45) is 3.50. The molecule has 1 N–H and O–H groups in total. The van der Waals surface area contributed by atoms with Crippen LogP contribution in [0.4, 0.5) is 11.5 Å². The van der Waals surface area contributed by atoms with Gasteiger partial charge in [0.25, 0.3) is 5.91 Å². The summed E-state index contributed by atoms with van der Waals surface area (Å²) in [5.41, 5.74) is 1.34. The van der Waals surface area contributed by atoms with Gasteiger partial charge in [0.15, 0.2) is 0 Å². The highest BCUT2D eigenvalue weighted by Gasteiger charge is 2.15. The van der Waals surface area contributed by atoms with E-state index in [4.69, 9.17) is 9.47 Å². The van der Waals surface area contributed by atoms with Crippen molar-refractivity contribution in [3.8, 4) is 11.5 Å². The summed E-state index contributed by atoms with van der Waals surface area (Å²) in [4.78, 5) is 19.0. The molecule has 0 aliphatic rings. The molecule has 1 aromatic carbocycles. The summed E-state index contributed by atoms with van der Waals surface area (Å²) >= 11 is 0. The highest BCUT2D eigenvalue weighted by molar-refractivity contribution is 5.95. The number of carbonyl (C=O) groups is 1. The molecule has 0 aliphatic heterocycles. The normalized spacial score (nSPS) is 10.3. The van der Waals surface area contributed by atoms with Crippen molar-refractivity contribution >= 4 is 17.4 Å². The minimum absolute atomic E-state index is 0.0248. The highest BCUT2D eigenvalue weighted by atomic mass is 16.5. The van der Waals surface area contributed by atoms with Gasteiger partial charge >= 0.3 is 0 Å². The Hall–Kier alpha value is -2.76. The molecule has 2 rings (SSSR count). The third-order valence-corrected chi connectivity index (χ3v) is 3.95. The number of nitrogens with zero attached hydrogens (tertiary/aromatic N) is 2. The van der Waals surface area contributed by atoms with Gasteiger partial charge in [-0.1, -0.05) is 13.8 Å². The minimum Gasteiger partial charge on any atom is -0.497 e. The maximum Gasteiger partial charge on any atom is 0.254 e. The first-order chi connectivity index (χ1) is 12.6. The van der Waals surface area contributed by atoms with Crippen LogP contribution in [0.1, 0.15) is 37.0 Å². The van der Waals surface area contributed by atoms with Crippen LogP contribution < -0.4 is 14.8 Å². The van der Waals surface area contributed by atoms with E-state index in [-0.39, 0.29) is 5.91 Å². The molecule has 0 unspecified atom stereocenters. The first-order valence-corrected chi connectivity index (χ1v) is 8.87. The van der Waals surface area contributed by atoms with Gasteiger partial charge in [0.2, 0.25) is 0 Å². The molecule has 2 aromatic rings. The maximum atomic E-state index is 12.8. The Kier molecular flexibility index (Phi) is 7.26. The molecule has 0 atom stereocenters. The lowest BCUT2D eigenvalue weighted by Crippen LogP contribution is -2.32. The molecule has 1 heterocycles. The van der Waals surface area contributed by atoms with Gasteiger partial charge in [-0.15, -0.1) is 0 Å². The molecule has 6 heteroatoms. The van der Waals surface area contributed by atoms with E-state index in [0.29, 0.717) is 22.9 Å². The molecular weight excluding hydrogens is 330 g/mol. The zero-order valence-corrected chi connectivity index (χ0v) is 15.9. The van der Waals surface area contributed by atoms with Crippen LogP contribution in [0.5, 0.6) is 11.5 Å². The Morgan fingerprint density at radius 2 is 1.81 bits per heavy atom. The van der Waals surface area contributed by atoms with Crippen LogP contribution in [0, 0.1) is 0 Å². The average molecular weight is 357 g/mol. The summed E-state index contributed by atoms with van der Waals surface area (Å²) < 4.78 is 10.6. The first-order valence-electron chi connectivity index (χ1n) is 8.87. The lowest BCUT2D eigenvalue weighted by atomic mass is 10.2. The lowest BCUT2D eigenvalue weighted by Gasteiger charge is -2.21. The number of carbonyl (C=O) groups excluding carboxylic acids is 1. The largest absolute Gasteiger partial charge is 0.497 e. The van der Waals surface area contributed by atoms with Gasteiger partial charge < -0.3 is 19.7 Å². The number of ether oxygens (including phenoxy) is 2. The van der Waals surface area contributed by atoms with Crippen molar-refractivity contribution in [3.63, 3.8) is 0 Å². The third-order valence-electron chi connectivity index (χ3n) is 3.95.